The number of fused-ring (bicyclic) bond motifs is 2. The molecular weight excluding hydrogens is 304 g/mol. The lowest BCUT2D eigenvalue weighted by Crippen LogP contribution is -2.31. The van der Waals surface area contributed by atoms with Crippen molar-refractivity contribution in [2.75, 3.05) is 6.54 Å². The quantitative estimate of drug-likeness (QED) is 0.732. The van der Waals surface area contributed by atoms with Crippen LogP contribution in [0.4, 0.5) is 0 Å². The number of imidazole rings is 1. The highest BCUT2D eigenvalue weighted by atomic mass is 16.1. The Labute approximate surface area is 139 Å². The molecule has 0 saturated heterocycles. The topological polar surface area (TPSA) is 90.2 Å². The van der Waals surface area contributed by atoms with E-state index in [1.165, 1.54) is 5.69 Å². The first kappa shape index (κ1) is 14.9. The lowest BCUT2D eigenvalue weighted by atomic mass is 9.96. The molecule has 3 aromatic rings. The largest absolute Gasteiger partial charge is 0.365 e. The van der Waals surface area contributed by atoms with Crippen molar-refractivity contribution < 1.29 is 4.79 Å². The van der Waals surface area contributed by atoms with Crippen LogP contribution in [-0.4, -0.2) is 31.6 Å². The average Bonchev–Trinajstić information content (AvgIpc) is 3.21. The van der Waals surface area contributed by atoms with Crippen LogP contribution in [0.5, 0.6) is 0 Å². The van der Waals surface area contributed by atoms with Crippen molar-refractivity contribution in [2.45, 2.75) is 25.9 Å². The summed E-state index contributed by atoms with van der Waals surface area (Å²) in [5.74, 6) is 0.112. The second-order valence-corrected chi connectivity index (χ2v) is 6.26. The molecule has 124 valence electrons. The first-order valence-corrected chi connectivity index (χ1v) is 8.18. The molecular formula is C17H20N6O. The number of carbonyl (C=O) groups is 1. The van der Waals surface area contributed by atoms with Crippen LogP contribution in [0.1, 0.15) is 28.2 Å². The molecule has 1 aliphatic heterocycles. The minimum atomic E-state index is -0.388. The van der Waals surface area contributed by atoms with Gasteiger partial charge in [0.1, 0.15) is 5.65 Å². The summed E-state index contributed by atoms with van der Waals surface area (Å²) in [4.78, 5) is 15.7. The van der Waals surface area contributed by atoms with E-state index in [1.807, 2.05) is 29.2 Å². The number of aromatic nitrogens is 4. The van der Waals surface area contributed by atoms with E-state index >= 15 is 0 Å². The molecule has 7 heteroatoms. The molecule has 0 aromatic carbocycles. The molecule has 7 nitrogen and oxygen atoms in total. The summed E-state index contributed by atoms with van der Waals surface area (Å²) in [7, 11) is 0. The van der Waals surface area contributed by atoms with Crippen LogP contribution in [0.25, 0.3) is 5.65 Å². The van der Waals surface area contributed by atoms with Gasteiger partial charge in [-0.25, -0.2) is 4.98 Å². The smallest absolute Gasteiger partial charge is 0.252 e. The second-order valence-electron chi connectivity index (χ2n) is 6.26. The number of hydrogen-bond donors (Lipinski definition) is 2. The molecule has 0 radical (unpaired) electrons. The highest BCUT2D eigenvalue weighted by Crippen LogP contribution is 2.21. The Morgan fingerprint density at radius 1 is 1.42 bits per heavy atom. The Bertz CT molecular complexity index is 880. The number of amides is 1. The summed E-state index contributed by atoms with van der Waals surface area (Å²) >= 11 is 0. The summed E-state index contributed by atoms with van der Waals surface area (Å²) in [6, 6.07) is 6.13. The molecule has 1 aliphatic rings. The van der Waals surface area contributed by atoms with Crippen LogP contribution in [0.15, 0.2) is 36.8 Å². The van der Waals surface area contributed by atoms with Crippen LogP contribution in [0.2, 0.25) is 0 Å². The Kier molecular flexibility index (Phi) is 3.78. The molecule has 4 rings (SSSR count). The standard InChI is InChI=1S/C17H20N6O/c18-17(24)14-10-21-23-11-12(4-5-15(14)23)8-19-9-13-2-1-3-16-20-6-7-22(13)16/h1-3,6-7,10,12,19H,4-5,8-9,11H2,(H2,18,24). The maximum absolute atomic E-state index is 11.4. The third-order valence-electron chi connectivity index (χ3n) is 4.69. The zero-order valence-corrected chi connectivity index (χ0v) is 13.4. The van der Waals surface area contributed by atoms with E-state index in [1.54, 1.807) is 6.20 Å². The number of rotatable bonds is 5. The fourth-order valence-corrected chi connectivity index (χ4v) is 3.44. The van der Waals surface area contributed by atoms with Crippen LogP contribution >= 0.6 is 0 Å². The third-order valence-corrected chi connectivity index (χ3v) is 4.69. The van der Waals surface area contributed by atoms with Crippen molar-refractivity contribution >= 4 is 11.6 Å². The van der Waals surface area contributed by atoms with E-state index in [9.17, 15) is 4.79 Å². The Morgan fingerprint density at radius 3 is 3.21 bits per heavy atom. The lowest BCUT2D eigenvalue weighted by Gasteiger charge is -2.24. The van der Waals surface area contributed by atoms with E-state index in [0.717, 1.165) is 43.8 Å². The Hall–Kier alpha value is -2.67. The number of nitrogens with two attached hydrogens (primary N) is 1. The number of hydrogen-bond acceptors (Lipinski definition) is 4. The summed E-state index contributed by atoms with van der Waals surface area (Å²) in [5.41, 5.74) is 9.08. The number of nitrogens with one attached hydrogen (secondary N) is 1. The molecule has 1 unspecified atom stereocenters. The van der Waals surface area contributed by atoms with Gasteiger partial charge in [0, 0.05) is 37.7 Å². The van der Waals surface area contributed by atoms with Crippen LogP contribution in [0.3, 0.4) is 0 Å². The van der Waals surface area contributed by atoms with Gasteiger partial charge in [-0.15, -0.1) is 0 Å². The molecule has 0 saturated carbocycles. The van der Waals surface area contributed by atoms with Gasteiger partial charge in [-0.1, -0.05) is 6.07 Å². The highest BCUT2D eigenvalue weighted by Gasteiger charge is 2.23. The maximum atomic E-state index is 11.4. The maximum Gasteiger partial charge on any atom is 0.252 e. The van der Waals surface area contributed by atoms with E-state index in [2.05, 4.69) is 25.9 Å². The zero-order valence-electron chi connectivity index (χ0n) is 13.4. The summed E-state index contributed by atoms with van der Waals surface area (Å²) < 4.78 is 4.02. The minimum absolute atomic E-state index is 0.388. The molecule has 0 aliphatic carbocycles. The normalized spacial score (nSPS) is 17.1. The highest BCUT2D eigenvalue weighted by molar-refractivity contribution is 5.93. The van der Waals surface area contributed by atoms with Crippen molar-refractivity contribution in [3.63, 3.8) is 0 Å². The predicted octanol–water partition coefficient (Wildman–Crippen LogP) is 0.982. The van der Waals surface area contributed by atoms with Crippen molar-refractivity contribution in [1.82, 2.24) is 24.5 Å². The van der Waals surface area contributed by atoms with Crippen molar-refractivity contribution in [1.29, 1.82) is 0 Å². The van der Waals surface area contributed by atoms with E-state index in [0.29, 0.717) is 11.5 Å². The molecule has 0 spiro atoms. The Morgan fingerprint density at radius 2 is 2.33 bits per heavy atom. The molecule has 0 bridgehead atoms. The number of primary amides is 1. The second kappa shape index (κ2) is 6.09. The van der Waals surface area contributed by atoms with Crippen LogP contribution < -0.4 is 11.1 Å². The monoisotopic (exact) mass is 324 g/mol. The van der Waals surface area contributed by atoms with E-state index in [4.69, 9.17) is 5.73 Å². The van der Waals surface area contributed by atoms with Gasteiger partial charge in [-0.2, -0.15) is 5.10 Å². The average molecular weight is 324 g/mol. The minimum Gasteiger partial charge on any atom is -0.365 e. The number of pyridine rings is 1. The molecule has 24 heavy (non-hydrogen) atoms. The molecule has 0 fully saturated rings. The number of carbonyl (C=O) groups excluding carboxylic acids is 1. The van der Waals surface area contributed by atoms with Gasteiger partial charge in [0.2, 0.25) is 0 Å². The first-order valence-electron chi connectivity index (χ1n) is 8.18. The van der Waals surface area contributed by atoms with Gasteiger partial charge in [0.15, 0.2) is 0 Å². The zero-order chi connectivity index (χ0) is 16.5. The molecule has 1 atom stereocenters. The molecule has 4 heterocycles. The first-order chi connectivity index (χ1) is 11.7. The summed E-state index contributed by atoms with van der Waals surface area (Å²) in [6.07, 6.45) is 7.27. The molecule has 1 amide bonds. The van der Waals surface area contributed by atoms with Crippen LogP contribution in [0, 0.1) is 5.92 Å². The Balaban J connectivity index is 1.37. The fraction of sp³-hybridized carbons (Fsp3) is 0.353. The summed E-state index contributed by atoms with van der Waals surface area (Å²) in [6.45, 7) is 2.53. The van der Waals surface area contributed by atoms with Gasteiger partial charge in [-0.05, 0) is 30.9 Å². The van der Waals surface area contributed by atoms with Crippen molar-refractivity contribution in [3.05, 3.63) is 53.7 Å². The number of nitrogens with zero attached hydrogens (tertiary/aromatic N) is 4. The molecule has 3 N–H and O–H groups in total. The third kappa shape index (κ3) is 2.67. The van der Waals surface area contributed by atoms with Crippen molar-refractivity contribution in [3.8, 4) is 0 Å². The van der Waals surface area contributed by atoms with Crippen LogP contribution in [-0.2, 0) is 19.5 Å². The van der Waals surface area contributed by atoms with Gasteiger partial charge in [-0.3, -0.25) is 9.48 Å². The fourth-order valence-electron chi connectivity index (χ4n) is 3.44. The predicted molar refractivity (Wildman–Crippen MR) is 89.5 cm³/mol. The SMILES string of the molecule is NC(=O)c1cnn2c1CCC(CNCc1cccc3nccn13)C2. The van der Waals surface area contributed by atoms with Gasteiger partial charge in [0.05, 0.1) is 17.5 Å². The van der Waals surface area contributed by atoms with E-state index < -0.39 is 0 Å². The van der Waals surface area contributed by atoms with Gasteiger partial charge in [0.25, 0.3) is 5.91 Å². The lowest BCUT2D eigenvalue weighted by molar-refractivity contribution is 0.0998. The molecule has 3 aromatic heterocycles. The van der Waals surface area contributed by atoms with Crippen molar-refractivity contribution in [2.24, 2.45) is 11.7 Å². The van der Waals surface area contributed by atoms with E-state index in [-0.39, 0.29) is 5.91 Å². The summed E-state index contributed by atoms with van der Waals surface area (Å²) in [5, 5.41) is 7.84. The van der Waals surface area contributed by atoms with Gasteiger partial charge < -0.3 is 15.5 Å². The van der Waals surface area contributed by atoms with Gasteiger partial charge >= 0.3 is 0 Å².